The lowest BCUT2D eigenvalue weighted by Gasteiger charge is -2.34. The molecule has 1 fully saturated rings. The minimum Gasteiger partial charge on any atom is -0.353 e. The molecule has 19 heavy (non-hydrogen) atoms. The Hall–Kier alpha value is -1.33. The quantitative estimate of drug-likeness (QED) is 0.846. The van der Waals surface area contributed by atoms with Gasteiger partial charge in [-0.05, 0) is 18.6 Å². The van der Waals surface area contributed by atoms with Crippen molar-refractivity contribution in [2.24, 2.45) is 0 Å². The van der Waals surface area contributed by atoms with Gasteiger partial charge in [0.2, 0.25) is 5.91 Å². The predicted octanol–water partition coefficient (Wildman–Crippen LogP) is 1.74. The number of halogens is 2. The van der Waals surface area contributed by atoms with Crippen LogP contribution in [-0.4, -0.2) is 40.8 Å². The Labute approximate surface area is 120 Å². The maximum atomic E-state index is 12.4. The molecule has 2 amide bonds. The first kappa shape index (κ1) is 14.1. The second-order valence-electron chi connectivity index (χ2n) is 4.18. The van der Waals surface area contributed by atoms with Gasteiger partial charge < -0.3 is 10.2 Å². The minimum atomic E-state index is -0.488. The van der Waals surface area contributed by atoms with E-state index in [1.807, 2.05) is 6.92 Å². The highest BCUT2D eigenvalue weighted by molar-refractivity contribution is 6.34. The molecule has 2 heterocycles. The van der Waals surface area contributed by atoms with Gasteiger partial charge in [-0.1, -0.05) is 30.1 Å². The van der Waals surface area contributed by atoms with Gasteiger partial charge in [-0.25, -0.2) is 4.98 Å². The number of carbonyl (C=O) groups is 2. The topological polar surface area (TPSA) is 62.3 Å². The molecule has 2 rings (SSSR count). The Balaban J connectivity index is 2.32. The van der Waals surface area contributed by atoms with Crippen molar-refractivity contribution in [1.29, 1.82) is 0 Å². The van der Waals surface area contributed by atoms with E-state index in [0.717, 1.165) is 0 Å². The molecule has 0 radical (unpaired) electrons. The summed E-state index contributed by atoms with van der Waals surface area (Å²) in [6.07, 6.45) is 0.537. The van der Waals surface area contributed by atoms with Crippen LogP contribution in [0, 0.1) is 0 Å². The zero-order valence-electron chi connectivity index (χ0n) is 10.3. The molecule has 0 aromatic carbocycles. The van der Waals surface area contributed by atoms with Crippen LogP contribution in [0.15, 0.2) is 12.1 Å². The van der Waals surface area contributed by atoms with E-state index in [0.29, 0.717) is 19.5 Å². The summed E-state index contributed by atoms with van der Waals surface area (Å²) in [5, 5.41) is 3.16. The number of nitrogens with one attached hydrogen (secondary N) is 1. The molecule has 0 aliphatic carbocycles. The summed E-state index contributed by atoms with van der Waals surface area (Å²) in [4.78, 5) is 29.6. The third-order valence-corrected chi connectivity index (χ3v) is 3.51. The number of piperazine rings is 1. The van der Waals surface area contributed by atoms with Crippen LogP contribution < -0.4 is 5.32 Å². The monoisotopic (exact) mass is 301 g/mol. The zero-order valence-corrected chi connectivity index (χ0v) is 11.8. The smallest absolute Gasteiger partial charge is 0.274 e. The highest BCUT2D eigenvalue weighted by Crippen LogP contribution is 2.20. The highest BCUT2D eigenvalue weighted by Gasteiger charge is 2.33. The van der Waals surface area contributed by atoms with Crippen LogP contribution in [0.1, 0.15) is 23.8 Å². The van der Waals surface area contributed by atoms with Crippen LogP contribution in [0.2, 0.25) is 10.2 Å². The molecule has 0 unspecified atom stereocenters. The zero-order chi connectivity index (χ0) is 14.0. The van der Waals surface area contributed by atoms with Crippen LogP contribution in [0.25, 0.3) is 0 Å². The maximum absolute atomic E-state index is 12.4. The van der Waals surface area contributed by atoms with Crippen molar-refractivity contribution in [1.82, 2.24) is 15.2 Å². The van der Waals surface area contributed by atoms with Gasteiger partial charge in [0.15, 0.2) is 0 Å². The lowest BCUT2D eigenvalue weighted by atomic mass is 10.1. The van der Waals surface area contributed by atoms with Gasteiger partial charge in [0.25, 0.3) is 5.91 Å². The van der Waals surface area contributed by atoms with Gasteiger partial charge >= 0.3 is 0 Å². The second kappa shape index (κ2) is 5.75. The molecule has 5 nitrogen and oxygen atoms in total. The Morgan fingerprint density at radius 3 is 2.95 bits per heavy atom. The summed E-state index contributed by atoms with van der Waals surface area (Å²) < 4.78 is 0. The fourth-order valence-corrected chi connectivity index (χ4v) is 2.40. The number of hydrogen-bond acceptors (Lipinski definition) is 3. The van der Waals surface area contributed by atoms with Gasteiger partial charge in [-0.15, -0.1) is 0 Å². The van der Waals surface area contributed by atoms with Crippen LogP contribution in [0.3, 0.4) is 0 Å². The molecule has 102 valence electrons. The van der Waals surface area contributed by atoms with Crippen molar-refractivity contribution in [3.8, 4) is 0 Å². The van der Waals surface area contributed by atoms with Gasteiger partial charge in [0.1, 0.15) is 16.9 Å². The summed E-state index contributed by atoms with van der Waals surface area (Å²) >= 11 is 11.7. The van der Waals surface area contributed by atoms with E-state index in [1.54, 1.807) is 0 Å². The molecular formula is C12H13Cl2N3O2. The normalized spacial score (nSPS) is 19.2. The van der Waals surface area contributed by atoms with Crippen molar-refractivity contribution in [3.63, 3.8) is 0 Å². The summed E-state index contributed by atoms with van der Waals surface area (Å²) in [5.41, 5.74) is 0.0855. The number of hydrogen-bond donors (Lipinski definition) is 1. The third-order valence-electron chi connectivity index (χ3n) is 2.99. The fourth-order valence-electron chi connectivity index (χ4n) is 2.07. The van der Waals surface area contributed by atoms with Crippen LogP contribution in [-0.2, 0) is 4.79 Å². The molecule has 1 aromatic heterocycles. The molecule has 1 aromatic rings. The van der Waals surface area contributed by atoms with E-state index in [4.69, 9.17) is 23.2 Å². The van der Waals surface area contributed by atoms with Crippen molar-refractivity contribution in [3.05, 3.63) is 28.0 Å². The third kappa shape index (κ3) is 2.82. The highest BCUT2D eigenvalue weighted by atomic mass is 35.5. The number of carbonyl (C=O) groups excluding carboxylic acids is 2. The first-order valence-corrected chi connectivity index (χ1v) is 6.71. The molecule has 1 aliphatic heterocycles. The molecule has 1 saturated heterocycles. The molecule has 7 heteroatoms. The van der Waals surface area contributed by atoms with E-state index in [2.05, 4.69) is 10.3 Å². The van der Waals surface area contributed by atoms with Crippen LogP contribution in [0.5, 0.6) is 0 Å². The number of nitrogens with zero attached hydrogens (tertiary/aromatic N) is 2. The fraction of sp³-hybridized carbons (Fsp3) is 0.417. The van der Waals surface area contributed by atoms with Crippen LogP contribution >= 0.6 is 23.2 Å². The number of rotatable bonds is 2. The summed E-state index contributed by atoms with van der Waals surface area (Å²) in [6.45, 7) is 2.72. The summed E-state index contributed by atoms with van der Waals surface area (Å²) in [5.74, 6) is -0.519. The van der Waals surface area contributed by atoms with E-state index in [1.165, 1.54) is 17.0 Å². The average molecular weight is 302 g/mol. The van der Waals surface area contributed by atoms with Crippen molar-refractivity contribution >= 4 is 35.0 Å². The Morgan fingerprint density at radius 1 is 1.53 bits per heavy atom. The predicted molar refractivity (Wildman–Crippen MR) is 72.4 cm³/mol. The van der Waals surface area contributed by atoms with Crippen molar-refractivity contribution in [2.45, 2.75) is 19.4 Å². The van der Waals surface area contributed by atoms with E-state index in [9.17, 15) is 9.59 Å². The van der Waals surface area contributed by atoms with Gasteiger partial charge in [-0.3, -0.25) is 9.59 Å². The molecule has 0 spiro atoms. The van der Waals surface area contributed by atoms with Gasteiger partial charge in [-0.2, -0.15) is 0 Å². The Bertz CT molecular complexity index is 522. The molecule has 1 N–H and O–H groups in total. The SMILES string of the molecule is CC[C@@H]1C(=O)NCCN1C(=O)c1nc(Cl)ccc1Cl. The van der Waals surface area contributed by atoms with E-state index >= 15 is 0 Å². The standard InChI is InChI=1S/C12H13Cl2N3O2/c1-2-8-11(18)15-5-6-17(8)12(19)10-7(13)3-4-9(14)16-10/h3-4,8H,2,5-6H2,1H3,(H,15,18)/t8-/m1/s1. The number of pyridine rings is 1. The Kier molecular flexibility index (Phi) is 4.27. The maximum Gasteiger partial charge on any atom is 0.274 e. The summed E-state index contributed by atoms with van der Waals surface area (Å²) in [6, 6.07) is 2.55. The van der Waals surface area contributed by atoms with Gasteiger partial charge in [0.05, 0.1) is 5.02 Å². The molecule has 0 saturated carbocycles. The minimum absolute atomic E-state index is 0.0855. The molecular weight excluding hydrogens is 289 g/mol. The first-order chi connectivity index (χ1) is 9.04. The first-order valence-electron chi connectivity index (χ1n) is 5.95. The number of amides is 2. The van der Waals surface area contributed by atoms with Gasteiger partial charge in [0, 0.05) is 13.1 Å². The molecule has 1 aliphatic rings. The molecule has 1 atom stereocenters. The van der Waals surface area contributed by atoms with E-state index in [-0.39, 0.29) is 27.7 Å². The summed E-state index contributed by atoms with van der Waals surface area (Å²) in [7, 11) is 0. The second-order valence-corrected chi connectivity index (χ2v) is 4.97. The lowest BCUT2D eigenvalue weighted by Crippen LogP contribution is -2.57. The van der Waals surface area contributed by atoms with E-state index < -0.39 is 6.04 Å². The molecule has 0 bridgehead atoms. The van der Waals surface area contributed by atoms with Crippen molar-refractivity contribution < 1.29 is 9.59 Å². The Morgan fingerprint density at radius 2 is 2.26 bits per heavy atom. The largest absolute Gasteiger partial charge is 0.353 e. The van der Waals surface area contributed by atoms with Crippen molar-refractivity contribution in [2.75, 3.05) is 13.1 Å². The average Bonchev–Trinajstić information content (AvgIpc) is 2.40. The number of aromatic nitrogens is 1. The lowest BCUT2D eigenvalue weighted by molar-refractivity contribution is -0.127. The van der Waals surface area contributed by atoms with Crippen LogP contribution in [0.4, 0.5) is 0 Å².